The smallest absolute Gasteiger partial charge is 0.118 e. The van der Waals surface area contributed by atoms with Crippen molar-refractivity contribution >= 4 is 5.69 Å². The van der Waals surface area contributed by atoms with Crippen LogP contribution in [0, 0.1) is 0 Å². The second kappa shape index (κ2) is 7.39. The fourth-order valence-electron chi connectivity index (χ4n) is 2.58. The van der Waals surface area contributed by atoms with Gasteiger partial charge in [-0.3, -0.25) is 15.0 Å². The van der Waals surface area contributed by atoms with E-state index >= 15 is 0 Å². The Balaban J connectivity index is 1.43. The van der Waals surface area contributed by atoms with Crippen molar-refractivity contribution in [1.29, 1.82) is 0 Å². The summed E-state index contributed by atoms with van der Waals surface area (Å²) < 4.78 is 7.89. The summed E-state index contributed by atoms with van der Waals surface area (Å²) in [4.78, 5) is 5.66. The molecule has 0 atom stereocenters. The summed E-state index contributed by atoms with van der Waals surface area (Å²) in [6, 6.07) is 10.6. The van der Waals surface area contributed by atoms with Gasteiger partial charge in [0.25, 0.3) is 0 Å². The van der Waals surface area contributed by atoms with Crippen molar-refractivity contribution in [2.75, 3.05) is 5.48 Å². The summed E-state index contributed by atoms with van der Waals surface area (Å²) in [5.41, 5.74) is 3.18. The van der Waals surface area contributed by atoms with E-state index in [1.807, 2.05) is 42.9 Å². The summed E-state index contributed by atoms with van der Waals surface area (Å²) in [5.74, 6) is 0. The maximum absolute atomic E-state index is 10.1. The second-order valence-corrected chi connectivity index (χ2v) is 8.03. The first-order valence-corrected chi connectivity index (χ1v) is 9.11. The lowest BCUT2D eigenvalue weighted by Crippen LogP contribution is -2.48. The van der Waals surface area contributed by atoms with Gasteiger partial charge in [-0.1, -0.05) is 30.3 Å². The zero-order chi connectivity index (χ0) is 18.8. The Morgan fingerprint density at radius 3 is 2.54 bits per heavy atom. The predicted octanol–water partition coefficient (Wildman–Crippen LogP) is 3.70. The molecule has 6 heteroatoms. The van der Waals surface area contributed by atoms with Gasteiger partial charge in [0.1, 0.15) is 5.60 Å². The van der Waals surface area contributed by atoms with Crippen LogP contribution in [-0.4, -0.2) is 32.2 Å². The first-order chi connectivity index (χ1) is 12.2. The largest absolute Gasteiger partial charge is 0.387 e. The van der Waals surface area contributed by atoms with Crippen molar-refractivity contribution in [3.8, 4) is 0 Å². The first kappa shape index (κ1) is 18.9. The van der Waals surface area contributed by atoms with Gasteiger partial charge in [-0.2, -0.15) is 5.10 Å². The number of benzene rings is 1. The summed E-state index contributed by atoms with van der Waals surface area (Å²) >= 11 is 0. The van der Waals surface area contributed by atoms with E-state index in [0.717, 1.165) is 18.5 Å². The number of aliphatic hydroxyl groups is 1. The van der Waals surface area contributed by atoms with Gasteiger partial charge in [-0.05, 0) is 46.1 Å². The number of ether oxygens (including phenoxy) is 1. The SMILES string of the molecule is CC(C)(O)C(C)(C)ONc1cnn(C2CC(OCc3ccccc3)C2)c1. The lowest BCUT2D eigenvalue weighted by atomic mass is 9.89. The average molecular weight is 359 g/mol. The van der Waals surface area contributed by atoms with E-state index < -0.39 is 11.2 Å². The molecule has 6 nitrogen and oxygen atoms in total. The first-order valence-electron chi connectivity index (χ1n) is 9.11. The monoisotopic (exact) mass is 359 g/mol. The third-order valence-corrected chi connectivity index (χ3v) is 5.27. The van der Waals surface area contributed by atoms with Crippen LogP contribution in [0.4, 0.5) is 5.69 Å². The van der Waals surface area contributed by atoms with E-state index in [1.54, 1.807) is 20.0 Å². The molecule has 1 aliphatic carbocycles. The molecule has 0 radical (unpaired) electrons. The van der Waals surface area contributed by atoms with Crippen LogP contribution in [0.25, 0.3) is 0 Å². The highest BCUT2D eigenvalue weighted by Crippen LogP contribution is 2.35. The second-order valence-electron chi connectivity index (χ2n) is 8.03. The van der Waals surface area contributed by atoms with E-state index in [1.165, 1.54) is 5.56 Å². The third kappa shape index (κ3) is 4.44. The van der Waals surface area contributed by atoms with Crippen LogP contribution in [0.5, 0.6) is 0 Å². The fraction of sp³-hybridized carbons (Fsp3) is 0.550. The molecule has 0 spiro atoms. The summed E-state index contributed by atoms with van der Waals surface area (Å²) in [7, 11) is 0. The minimum absolute atomic E-state index is 0.284. The molecule has 1 aromatic heterocycles. The number of anilines is 1. The topological polar surface area (TPSA) is 68.5 Å². The Morgan fingerprint density at radius 2 is 1.88 bits per heavy atom. The summed E-state index contributed by atoms with van der Waals surface area (Å²) in [5, 5.41) is 14.5. The van der Waals surface area contributed by atoms with E-state index in [9.17, 15) is 5.11 Å². The molecule has 0 saturated heterocycles. The van der Waals surface area contributed by atoms with Crippen molar-refractivity contribution in [2.24, 2.45) is 0 Å². The Hall–Kier alpha value is -1.89. The van der Waals surface area contributed by atoms with Gasteiger partial charge < -0.3 is 9.84 Å². The van der Waals surface area contributed by atoms with Crippen LogP contribution in [0.3, 0.4) is 0 Å². The number of rotatable bonds is 8. The van der Waals surface area contributed by atoms with Crippen molar-refractivity contribution < 1.29 is 14.7 Å². The van der Waals surface area contributed by atoms with Crippen molar-refractivity contribution in [1.82, 2.24) is 9.78 Å². The average Bonchev–Trinajstić information content (AvgIpc) is 3.00. The number of hydrogen-bond donors (Lipinski definition) is 2. The Labute approximate surface area is 155 Å². The van der Waals surface area contributed by atoms with E-state index in [0.29, 0.717) is 12.6 Å². The van der Waals surface area contributed by atoms with E-state index in [-0.39, 0.29) is 6.10 Å². The lowest BCUT2D eigenvalue weighted by molar-refractivity contribution is -0.130. The number of nitrogens with zero attached hydrogens (tertiary/aromatic N) is 2. The van der Waals surface area contributed by atoms with E-state index in [4.69, 9.17) is 9.57 Å². The number of hydrogen-bond acceptors (Lipinski definition) is 5. The molecule has 2 aromatic rings. The molecule has 2 N–H and O–H groups in total. The van der Waals surface area contributed by atoms with Crippen molar-refractivity contribution in [2.45, 2.75) is 70.5 Å². The molecule has 0 bridgehead atoms. The molecule has 0 unspecified atom stereocenters. The van der Waals surface area contributed by atoms with E-state index in [2.05, 4.69) is 22.7 Å². The molecular weight excluding hydrogens is 330 g/mol. The molecular formula is C20H29N3O3. The Bertz CT molecular complexity index is 701. The van der Waals surface area contributed by atoms with Gasteiger partial charge in [0.2, 0.25) is 0 Å². The molecule has 3 rings (SSSR count). The number of aromatic nitrogens is 2. The van der Waals surface area contributed by atoms with Gasteiger partial charge in [0, 0.05) is 0 Å². The van der Waals surface area contributed by atoms with Gasteiger partial charge in [-0.25, -0.2) is 0 Å². The molecule has 1 heterocycles. The van der Waals surface area contributed by atoms with Crippen LogP contribution in [0.15, 0.2) is 42.7 Å². The van der Waals surface area contributed by atoms with Crippen molar-refractivity contribution in [3.63, 3.8) is 0 Å². The normalized spacial score (nSPS) is 20.7. The van der Waals surface area contributed by atoms with Crippen LogP contribution in [0.1, 0.15) is 52.1 Å². The predicted molar refractivity (Wildman–Crippen MR) is 101 cm³/mol. The molecule has 1 aromatic carbocycles. The zero-order valence-electron chi connectivity index (χ0n) is 16.0. The Morgan fingerprint density at radius 1 is 1.19 bits per heavy atom. The minimum atomic E-state index is -0.965. The molecule has 1 saturated carbocycles. The van der Waals surface area contributed by atoms with Gasteiger partial charge in [0.05, 0.1) is 42.4 Å². The molecule has 0 aliphatic heterocycles. The van der Waals surface area contributed by atoms with Crippen molar-refractivity contribution in [3.05, 3.63) is 48.3 Å². The zero-order valence-corrected chi connectivity index (χ0v) is 16.0. The Kier molecular flexibility index (Phi) is 5.37. The maximum atomic E-state index is 10.1. The number of nitrogens with one attached hydrogen (secondary N) is 1. The van der Waals surface area contributed by atoms with Gasteiger partial charge in [-0.15, -0.1) is 0 Å². The van der Waals surface area contributed by atoms with Crippen LogP contribution < -0.4 is 5.48 Å². The standard InChI is InChI=1S/C20H29N3O3/c1-19(2,24)20(3,4)26-22-16-12-21-23(13-16)17-10-18(11-17)25-14-15-8-6-5-7-9-15/h5-9,12-13,17-18,22,24H,10-11,14H2,1-4H3. The van der Waals surface area contributed by atoms with Crippen LogP contribution in [0.2, 0.25) is 0 Å². The quantitative estimate of drug-likeness (QED) is 0.704. The highest BCUT2D eigenvalue weighted by Gasteiger charge is 2.37. The minimum Gasteiger partial charge on any atom is -0.387 e. The molecule has 26 heavy (non-hydrogen) atoms. The van der Waals surface area contributed by atoms with Gasteiger partial charge >= 0.3 is 0 Å². The highest BCUT2D eigenvalue weighted by atomic mass is 16.7. The molecule has 1 fully saturated rings. The lowest BCUT2D eigenvalue weighted by Gasteiger charge is -2.36. The third-order valence-electron chi connectivity index (χ3n) is 5.27. The summed E-state index contributed by atoms with van der Waals surface area (Å²) in [6.07, 6.45) is 5.87. The van der Waals surface area contributed by atoms with Crippen LogP contribution in [-0.2, 0) is 16.2 Å². The fourth-order valence-corrected chi connectivity index (χ4v) is 2.58. The van der Waals surface area contributed by atoms with Gasteiger partial charge in [0.15, 0.2) is 0 Å². The summed E-state index contributed by atoms with van der Waals surface area (Å²) in [6.45, 7) is 7.78. The maximum Gasteiger partial charge on any atom is 0.118 e. The molecule has 1 aliphatic rings. The molecule has 142 valence electrons. The molecule has 0 amide bonds. The highest BCUT2D eigenvalue weighted by molar-refractivity contribution is 5.35. The van der Waals surface area contributed by atoms with Crippen LogP contribution >= 0.6 is 0 Å².